The topological polar surface area (TPSA) is 46.5 Å². The molecule has 12 aromatic rings. The molecule has 7 aromatic carbocycles. The first-order valence-electron chi connectivity index (χ1n) is 17.9. The standard InChI is InChI=1S/C48H26N4S2/c49-25-28-17-19-29(20-18-28)44-38(51-36-13-5-1-9-30(36)32-21-23-42-45(47(32)51)34-11-3-7-15-40(34)53-42)26-50-27-39(44)52-37-14-6-2-10-31(37)33-22-24-43-46(48(33)52)35-12-4-8-16-41(35)54-43/h1-24,26-27H. The average molecular weight is 723 g/mol. The van der Waals surface area contributed by atoms with Crippen molar-refractivity contribution in [1.29, 1.82) is 5.26 Å². The monoisotopic (exact) mass is 722 g/mol. The summed E-state index contributed by atoms with van der Waals surface area (Å²) >= 11 is 3.68. The third-order valence-corrected chi connectivity index (χ3v) is 13.3. The number of aromatic nitrogens is 3. The van der Waals surface area contributed by atoms with Gasteiger partial charge in [-0.3, -0.25) is 4.98 Å². The van der Waals surface area contributed by atoms with Gasteiger partial charge in [0.1, 0.15) is 0 Å². The highest BCUT2D eigenvalue weighted by Crippen LogP contribution is 2.47. The molecule has 0 atom stereocenters. The predicted octanol–water partition coefficient (Wildman–Crippen LogP) is 13.6. The maximum absolute atomic E-state index is 9.85. The summed E-state index contributed by atoms with van der Waals surface area (Å²) in [5, 5.41) is 19.7. The summed E-state index contributed by atoms with van der Waals surface area (Å²) in [5.74, 6) is 0. The van der Waals surface area contributed by atoms with Crippen LogP contribution in [0.3, 0.4) is 0 Å². The lowest BCUT2D eigenvalue weighted by atomic mass is 10.0. The van der Waals surface area contributed by atoms with E-state index >= 15 is 0 Å². The molecule has 0 saturated carbocycles. The van der Waals surface area contributed by atoms with E-state index in [-0.39, 0.29) is 0 Å². The highest BCUT2D eigenvalue weighted by atomic mass is 32.1. The van der Waals surface area contributed by atoms with E-state index < -0.39 is 0 Å². The third-order valence-electron chi connectivity index (χ3n) is 11.0. The quantitative estimate of drug-likeness (QED) is 0.182. The Morgan fingerprint density at radius 2 is 0.907 bits per heavy atom. The lowest BCUT2D eigenvalue weighted by molar-refractivity contribution is 1.10. The smallest absolute Gasteiger partial charge is 0.0991 e. The molecule has 0 spiro atoms. The molecule has 54 heavy (non-hydrogen) atoms. The number of fused-ring (bicyclic) bond motifs is 14. The van der Waals surface area contributed by atoms with Gasteiger partial charge in [0.05, 0.1) is 57.5 Å². The Balaban J connectivity index is 1.30. The van der Waals surface area contributed by atoms with Crippen LogP contribution >= 0.6 is 22.7 Å². The lowest BCUT2D eigenvalue weighted by Crippen LogP contribution is -2.05. The number of para-hydroxylation sites is 2. The highest BCUT2D eigenvalue weighted by molar-refractivity contribution is 7.26. The van der Waals surface area contributed by atoms with Crippen molar-refractivity contribution >= 4 is 107 Å². The number of benzene rings is 7. The zero-order chi connectivity index (χ0) is 35.5. The summed E-state index contributed by atoms with van der Waals surface area (Å²) in [6.45, 7) is 0. The van der Waals surface area contributed by atoms with Gasteiger partial charge in [0.15, 0.2) is 0 Å². The largest absolute Gasteiger partial charge is 0.306 e. The maximum atomic E-state index is 9.85. The Morgan fingerprint density at radius 1 is 0.444 bits per heavy atom. The van der Waals surface area contributed by atoms with Gasteiger partial charge in [0.25, 0.3) is 0 Å². The molecular weight excluding hydrogens is 697 g/mol. The first kappa shape index (κ1) is 29.8. The van der Waals surface area contributed by atoms with Gasteiger partial charge < -0.3 is 9.13 Å². The van der Waals surface area contributed by atoms with E-state index in [1.807, 2.05) is 47.2 Å². The van der Waals surface area contributed by atoms with Crippen LogP contribution in [0.2, 0.25) is 0 Å². The van der Waals surface area contributed by atoms with Gasteiger partial charge in [-0.25, -0.2) is 0 Å². The van der Waals surface area contributed by atoms with Crippen molar-refractivity contribution in [2.24, 2.45) is 0 Å². The van der Waals surface area contributed by atoms with Crippen LogP contribution in [0.15, 0.2) is 158 Å². The van der Waals surface area contributed by atoms with E-state index in [0.717, 1.165) is 33.5 Å². The Labute approximate surface area is 316 Å². The molecule has 5 heterocycles. The van der Waals surface area contributed by atoms with Crippen molar-refractivity contribution in [3.05, 3.63) is 164 Å². The molecule has 0 aliphatic rings. The van der Waals surface area contributed by atoms with Crippen LogP contribution in [0.5, 0.6) is 0 Å². The Hall–Kier alpha value is -6.78. The second-order valence-electron chi connectivity index (χ2n) is 13.8. The fraction of sp³-hybridized carbons (Fsp3) is 0. The predicted molar refractivity (Wildman–Crippen MR) is 229 cm³/mol. The second-order valence-corrected chi connectivity index (χ2v) is 16.0. The molecule has 4 nitrogen and oxygen atoms in total. The molecule has 6 heteroatoms. The molecule has 0 aliphatic heterocycles. The number of rotatable bonds is 3. The summed E-state index contributed by atoms with van der Waals surface area (Å²) < 4.78 is 9.94. The molecule has 0 amide bonds. The number of pyridine rings is 1. The zero-order valence-electron chi connectivity index (χ0n) is 28.6. The Kier molecular flexibility index (Phi) is 6.12. The van der Waals surface area contributed by atoms with E-state index in [9.17, 15) is 5.26 Å². The summed E-state index contributed by atoms with van der Waals surface area (Å²) in [4.78, 5) is 5.12. The fourth-order valence-corrected chi connectivity index (χ4v) is 11.0. The summed E-state index contributed by atoms with van der Waals surface area (Å²) in [5.41, 5.74) is 9.26. The van der Waals surface area contributed by atoms with Crippen LogP contribution in [0, 0.1) is 11.3 Å². The van der Waals surface area contributed by atoms with Crippen molar-refractivity contribution in [2.45, 2.75) is 0 Å². The van der Waals surface area contributed by atoms with Crippen molar-refractivity contribution < 1.29 is 0 Å². The Bertz CT molecular complexity index is 3370. The van der Waals surface area contributed by atoms with Crippen LogP contribution in [-0.4, -0.2) is 14.1 Å². The maximum Gasteiger partial charge on any atom is 0.0991 e. The molecule has 12 rings (SSSR count). The van der Waals surface area contributed by atoms with Gasteiger partial charge >= 0.3 is 0 Å². The van der Waals surface area contributed by atoms with Gasteiger partial charge in [-0.05, 0) is 54.1 Å². The molecule has 0 unspecified atom stereocenters. The van der Waals surface area contributed by atoms with Crippen LogP contribution < -0.4 is 0 Å². The van der Waals surface area contributed by atoms with E-state index in [1.54, 1.807) is 0 Å². The number of hydrogen-bond acceptors (Lipinski definition) is 4. The van der Waals surface area contributed by atoms with E-state index in [2.05, 4.69) is 149 Å². The molecular formula is C48H26N4S2. The lowest BCUT2D eigenvalue weighted by Gasteiger charge is -2.20. The molecule has 0 radical (unpaired) electrons. The molecule has 5 aromatic heterocycles. The summed E-state index contributed by atoms with van der Waals surface area (Å²) in [6.07, 6.45) is 4.06. The van der Waals surface area contributed by atoms with E-state index in [0.29, 0.717) is 5.56 Å². The zero-order valence-corrected chi connectivity index (χ0v) is 30.2. The minimum Gasteiger partial charge on any atom is -0.306 e. The molecule has 0 saturated heterocycles. The van der Waals surface area contributed by atoms with Crippen LogP contribution in [0.25, 0.3) is 106 Å². The summed E-state index contributed by atoms with van der Waals surface area (Å²) in [6, 6.07) is 54.4. The molecule has 0 fully saturated rings. The van der Waals surface area contributed by atoms with Crippen LogP contribution in [-0.2, 0) is 0 Å². The normalized spacial score (nSPS) is 12.1. The number of nitriles is 1. The third kappa shape index (κ3) is 3.97. The highest BCUT2D eigenvalue weighted by Gasteiger charge is 2.25. The van der Waals surface area contributed by atoms with Crippen LogP contribution in [0.4, 0.5) is 0 Å². The number of thiophene rings is 2. The second kappa shape index (κ2) is 11.1. The van der Waals surface area contributed by atoms with E-state index in [4.69, 9.17) is 4.98 Å². The SMILES string of the molecule is N#Cc1ccc(-c2c(-n3c4ccccc4c4ccc5sc6ccccc6c5c43)cncc2-n2c3ccccc3c3ccc4sc5ccccc5c4c32)cc1. The number of hydrogen-bond donors (Lipinski definition) is 0. The summed E-state index contributed by atoms with van der Waals surface area (Å²) in [7, 11) is 0. The van der Waals surface area contributed by atoms with E-state index in [1.165, 1.54) is 72.9 Å². The minimum atomic E-state index is 0.627. The van der Waals surface area contributed by atoms with Gasteiger partial charge in [-0.1, -0.05) is 97.1 Å². The molecule has 0 bridgehead atoms. The van der Waals surface area contributed by atoms with Crippen molar-refractivity contribution in [2.75, 3.05) is 0 Å². The fourth-order valence-electron chi connectivity index (χ4n) is 8.82. The van der Waals surface area contributed by atoms with Gasteiger partial charge in [0, 0.05) is 67.5 Å². The minimum absolute atomic E-state index is 0.627. The molecule has 250 valence electrons. The average Bonchev–Trinajstić information content (AvgIpc) is 3.98. The van der Waals surface area contributed by atoms with Gasteiger partial charge in [-0.2, -0.15) is 5.26 Å². The first-order valence-corrected chi connectivity index (χ1v) is 19.6. The van der Waals surface area contributed by atoms with Crippen LogP contribution in [0.1, 0.15) is 5.56 Å². The van der Waals surface area contributed by atoms with Crippen molar-refractivity contribution in [3.63, 3.8) is 0 Å². The number of nitrogens with zero attached hydrogens (tertiary/aromatic N) is 4. The van der Waals surface area contributed by atoms with Crippen molar-refractivity contribution in [1.82, 2.24) is 14.1 Å². The molecule has 0 N–H and O–H groups in total. The Morgan fingerprint density at radius 3 is 1.41 bits per heavy atom. The van der Waals surface area contributed by atoms with Gasteiger partial charge in [-0.15, -0.1) is 22.7 Å². The van der Waals surface area contributed by atoms with Crippen molar-refractivity contribution in [3.8, 4) is 28.6 Å². The molecule has 0 aliphatic carbocycles. The van der Waals surface area contributed by atoms with Gasteiger partial charge in [0.2, 0.25) is 0 Å². The first-order chi connectivity index (χ1) is 26.8.